The summed E-state index contributed by atoms with van der Waals surface area (Å²) in [6, 6.07) is 4.06. The van der Waals surface area contributed by atoms with Gasteiger partial charge in [0.05, 0.1) is 17.9 Å². The van der Waals surface area contributed by atoms with Crippen LogP contribution in [0, 0.1) is 0 Å². The Bertz CT molecular complexity index is 549. The second kappa shape index (κ2) is 9.46. The molecule has 1 N–H and O–H groups in total. The maximum absolute atomic E-state index is 5.43. The zero-order chi connectivity index (χ0) is 14.4. The lowest BCUT2D eigenvalue weighted by Crippen LogP contribution is -2.17. The summed E-state index contributed by atoms with van der Waals surface area (Å²) < 4.78 is 9.51. The SMILES string of the molecule is COc1c(Br)cc(Br)cc1CNCCCn1ccnc1.Cl. The number of aryl methyl sites for hydroxylation is 1. The maximum Gasteiger partial charge on any atom is 0.137 e. The summed E-state index contributed by atoms with van der Waals surface area (Å²) >= 11 is 7.02. The summed E-state index contributed by atoms with van der Waals surface area (Å²) in [6.07, 6.45) is 6.69. The molecule has 0 amide bonds. The van der Waals surface area contributed by atoms with Gasteiger partial charge in [-0.25, -0.2) is 4.98 Å². The van der Waals surface area contributed by atoms with Crippen molar-refractivity contribution in [2.45, 2.75) is 19.5 Å². The fraction of sp³-hybridized carbons (Fsp3) is 0.357. The molecular weight excluding hydrogens is 421 g/mol. The highest BCUT2D eigenvalue weighted by molar-refractivity contribution is 9.11. The first-order chi connectivity index (χ1) is 9.70. The van der Waals surface area contributed by atoms with Gasteiger partial charge in [0.1, 0.15) is 5.75 Å². The highest BCUT2D eigenvalue weighted by Gasteiger charge is 2.08. The van der Waals surface area contributed by atoms with Gasteiger partial charge in [0.15, 0.2) is 0 Å². The molecule has 1 heterocycles. The number of nitrogens with zero attached hydrogens (tertiary/aromatic N) is 2. The molecule has 0 aliphatic carbocycles. The number of nitrogens with one attached hydrogen (secondary N) is 1. The van der Waals surface area contributed by atoms with Gasteiger partial charge >= 0.3 is 0 Å². The Hall–Kier alpha value is -0.560. The summed E-state index contributed by atoms with van der Waals surface area (Å²) in [5, 5.41) is 3.44. The van der Waals surface area contributed by atoms with Crippen LogP contribution < -0.4 is 10.1 Å². The van der Waals surface area contributed by atoms with E-state index in [1.807, 2.05) is 18.6 Å². The monoisotopic (exact) mass is 437 g/mol. The van der Waals surface area contributed by atoms with E-state index < -0.39 is 0 Å². The van der Waals surface area contributed by atoms with Gasteiger partial charge < -0.3 is 14.6 Å². The fourth-order valence-electron chi connectivity index (χ4n) is 2.00. The molecule has 1 aromatic heterocycles. The molecule has 2 aromatic rings. The number of imidazole rings is 1. The van der Waals surface area contributed by atoms with Crippen molar-refractivity contribution in [3.05, 3.63) is 45.4 Å². The van der Waals surface area contributed by atoms with Gasteiger partial charge in [-0.3, -0.25) is 0 Å². The minimum absolute atomic E-state index is 0. The molecule has 0 unspecified atom stereocenters. The third-order valence-electron chi connectivity index (χ3n) is 2.93. The lowest BCUT2D eigenvalue weighted by Gasteiger charge is -2.12. The fourth-order valence-corrected chi connectivity index (χ4v) is 3.48. The maximum atomic E-state index is 5.43. The van der Waals surface area contributed by atoms with E-state index in [9.17, 15) is 0 Å². The van der Waals surface area contributed by atoms with Gasteiger partial charge in [-0.15, -0.1) is 12.4 Å². The smallest absolute Gasteiger partial charge is 0.137 e. The van der Waals surface area contributed by atoms with E-state index in [0.29, 0.717) is 0 Å². The second-order valence-electron chi connectivity index (χ2n) is 4.41. The van der Waals surface area contributed by atoms with Gasteiger partial charge in [-0.1, -0.05) is 15.9 Å². The van der Waals surface area contributed by atoms with Gasteiger partial charge in [0, 0.05) is 35.5 Å². The van der Waals surface area contributed by atoms with Crippen LogP contribution in [0.1, 0.15) is 12.0 Å². The third kappa shape index (κ3) is 5.62. The predicted molar refractivity (Wildman–Crippen MR) is 94.2 cm³/mol. The van der Waals surface area contributed by atoms with Crippen molar-refractivity contribution >= 4 is 44.3 Å². The van der Waals surface area contributed by atoms with Crippen molar-refractivity contribution in [1.29, 1.82) is 0 Å². The number of rotatable bonds is 7. The predicted octanol–water partition coefficient (Wildman–Crippen LogP) is 4.02. The Morgan fingerprint density at radius 2 is 2.14 bits per heavy atom. The zero-order valence-electron chi connectivity index (χ0n) is 11.7. The molecule has 21 heavy (non-hydrogen) atoms. The summed E-state index contributed by atoms with van der Waals surface area (Å²) in [5.41, 5.74) is 1.14. The van der Waals surface area contributed by atoms with Crippen LogP contribution in [0.15, 0.2) is 39.8 Å². The Balaban J connectivity index is 0.00000220. The number of aromatic nitrogens is 2. The Morgan fingerprint density at radius 3 is 2.81 bits per heavy atom. The number of methoxy groups -OCH3 is 1. The largest absolute Gasteiger partial charge is 0.495 e. The molecule has 7 heteroatoms. The molecule has 0 saturated heterocycles. The average Bonchev–Trinajstić information content (AvgIpc) is 2.91. The van der Waals surface area contributed by atoms with Crippen molar-refractivity contribution in [3.63, 3.8) is 0 Å². The third-order valence-corrected chi connectivity index (χ3v) is 3.98. The Morgan fingerprint density at radius 1 is 1.33 bits per heavy atom. The number of hydrogen-bond donors (Lipinski definition) is 1. The molecule has 1 aromatic carbocycles. The molecule has 0 fully saturated rings. The van der Waals surface area contributed by atoms with Crippen LogP contribution in [0.5, 0.6) is 5.75 Å². The van der Waals surface area contributed by atoms with Crippen molar-refractivity contribution in [1.82, 2.24) is 14.9 Å². The van der Waals surface area contributed by atoms with E-state index in [2.05, 4.69) is 52.8 Å². The highest BCUT2D eigenvalue weighted by atomic mass is 79.9. The van der Waals surface area contributed by atoms with E-state index in [1.54, 1.807) is 13.3 Å². The van der Waals surface area contributed by atoms with Crippen molar-refractivity contribution < 1.29 is 4.74 Å². The molecular formula is C14H18Br2ClN3O. The molecule has 2 rings (SSSR count). The summed E-state index contributed by atoms with van der Waals surface area (Å²) in [5.74, 6) is 0.885. The Labute approximate surface area is 148 Å². The standard InChI is InChI=1S/C14H17Br2N3O.ClH/c1-20-14-11(7-12(15)8-13(14)16)9-17-3-2-5-19-6-4-18-10-19;/h4,6-8,10,17H,2-3,5,9H2,1H3;1H. The second-order valence-corrected chi connectivity index (χ2v) is 6.18. The molecule has 0 aliphatic rings. The van der Waals surface area contributed by atoms with E-state index in [-0.39, 0.29) is 12.4 Å². The van der Waals surface area contributed by atoms with Gasteiger partial charge in [0.25, 0.3) is 0 Å². The van der Waals surface area contributed by atoms with Crippen molar-refractivity contribution in [2.24, 2.45) is 0 Å². The Kier molecular flexibility index (Phi) is 8.33. The van der Waals surface area contributed by atoms with Crippen LogP contribution in [0.25, 0.3) is 0 Å². The first-order valence-electron chi connectivity index (χ1n) is 6.39. The molecule has 0 spiro atoms. The van der Waals surface area contributed by atoms with E-state index in [0.717, 1.165) is 46.3 Å². The van der Waals surface area contributed by atoms with Crippen LogP contribution >= 0.6 is 44.3 Å². The van der Waals surface area contributed by atoms with Crippen molar-refractivity contribution in [3.8, 4) is 5.75 Å². The minimum atomic E-state index is 0. The summed E-state index contributed by atoms with van der Waals surface area (Å²) in [6.45, 7) is 2.71. The molecule has 0 atom stereocenters. The number of benzene rings is 1. The van der Waals surface area contributed by atoms with Crippen molar-refractivity contribution in [2.75, 3.05) is 13.7 Å². The van der Waals surface area contributed by atoms with Crippen LogP contribution in [0.4, 0.5) is 0 Å². The zero-order valence-corrected chi connectivity index (χ0v) is 15.7. The molecule has 0 saturated carbocycles. The van der Waals surface area contributed by atoms with Crippen LogP contribution in [-0.4, -0.2) is 23.2 Å². The van der Waals surface area contributed by atoms with Crippen LogP contribution in [-0.2, 0) is 13.1 Å². The van der Waals surface area contributed by atoms with Crippen LogP contribution in [0.3, 0.4) is 0 Å². The molecule has 0 bridgehead atoms. The van der Waals surface area contributed by atoms with Gasteiger partial charge in [-0.2, -0.15) is 0 Å². The highest BCUT2D eigenvalue weighted by Crippen LogP contribution is 2.32. The van der Waals surface area contributed by atoms with E-state index >= 15 is 0 Å². The van der Waals surface area contributed by atoms with E-state index in [1.165, 1.54) is 0 Å². The minimum Gasteiger partial charge on any atom is -0.495 e. The number of hydrogen-bond acceptors (Lipinski definition) is 3. The number of halogens is 3. The number of ether oxygens (including phenoxy) is 1. The molecule has 0 aliphatic heterocycles. The lowest BCUT2D eigenvalue weighted by atomic mass is 10.2. The molecule has 0 radical (unpaired) electrons. The molecule has 4 nitrogen and oxygen atoms in total. The first-order valence-corrected chi connectivity index (χ1v) is 7.97. The molecule has 116 valence electrons. The normalized spacial score (nSPS) is 10.2. The van der Waals surface area contributed by atoms with E-state index in [4.69, 9.17) is 4.74 Å². The lowest BCUT2D eigenvalue weighted by molar-refractivity contribution is 0.404. The average molecular weight is 440 g/mol. The topological polar surface area (TPSA) is 39.1 Å². The first kappa shape index (κ1) is 18.5. The van der Waals surface area contributed by atoms with Gasteiger partial charge in [-0.05, 0) is 41.0 Å². The van der Waals surface area contributed by atoms with Gasteiger partial charge in [0.2, 0.25) is 0 Å². The summed E-state index contributed by atoms with van der Waals surface area (Å²) in [4.78, 5) is 4.03. The van der Waals surface area contributed by atoms with Crippen LogP contribution in [0.2, 0.25) is 0 Å². The summed E-state index contributed by atoms with van der Waals surface area (Å²) in [7, 11) is 1.69. The quantitative estimate of drug-likeness (QED) is 0.663.